The van der Waals surface area contributed by atoms with Gasteiger partial charge < -0.3 is 19.5 Å². The molecule has 3 aliphatic rings. The smallest absolute Gasteiger partial charge is 0.410 e. The van der Waals surface area contributed by atoms with Crippen molar-refractivity contribution in [3.8, 4) is 0 Å². The molecule has 210 valence electrons. The molecule has 0 radical (unpaired) electrons. The number of nitrogens with zero attached hydrogens (tertiary/aromatic N) is 1. The zero-order valence-electron chi connectivity index (χ0n) is 22.9. The number of methoxy groups -OCH3 is 1. The van der Waals surface area contributed by atoms with Gasteiger partial charge in [0.05, 0.1) is 18.1 Å². The second-order valence-corrected chi connectivity index (χ2v) is 10.3. The molecule has 5 rings (SSSR count). The van der Waals surface area contributed by atoms with E-state index in [2.05, 4.69) is 11.4 Å². The molecule has 0 spiro atoms. The number of thiocarbonyl (C=S) groups is 1. The SMILES string of the molecule is CCC1=C[C@H]2CN(C(=O)OCc3ccccc3)[C@@H]1[C@](C(=O)OC)(C(=S)Nc1ccccc1/C=C\COC(C)=O)C2. The summed E-state index contributed by atoms with van der Waals surface area (Å²) in [4.78, 5) is 40.1. The van der Waals surface area contributed by atoms with E-state index in [1.165, 1.54) is 14.0 Å². The highest BCUT2D eigenvalue weighted by Gasteiger charge is 2.61. The number of ether oxygens (including phenoxy) is 3. The molecule has 2 aliphatic heterocycles. The number of carbonyl (C=O) groups is 3. The maximum Gasteiger partial charge on any atom is 0.410 e. The molecule has 0 unspecified atom stereocenters. The predicted octanol–water partition coefficient (Wildman–Crippen LogP) is 5.54. The molecule has 1 N–H and O–H groups in total. The summed E-state index contributed by atoms with van der Waals surface area (Å²) in [5, 5.41) is 3.30. The second-order valence-electron chi connectivity index (χ2n) is 9.86. The third kappa shape index (κ3) is 6.09. The van der Waals surface area contributed by atoms with Gasteiger partial charge in [-0.3, -0.25) is 14.5 Å². The van der Waals surface area contributed by atoms with Gasteiger partial charge in [0.2, 0.25) is 0 Å². The number of carbonyl (C=O) groups excluding carboxylic acids is 3. The monoisotopic (exact) mass is 562 g/mol. The Bertz CT molecular complexity index is 1320. The van der Waals surface area contributed by atoms with Crippen molar-refractivity contribution in [2.24, 2.45) is 11.3 Å². The van der Waals surface area contributed by atoms with Crippen LogP contribution in [0.15, 0.2) is 72.3 Å². The van der Waals surface area contributed by atoms with Crippen molar-refractivity contribution in [1.82, 2.24) is 4.90 Å². The van der Waals surface area contributed by atoms with Crippen LogP contribution < -0.4 is 5.32 Å². The van der Waals surface area contributed by atoms with Crippen LogP contribution in [0.25, 0.3) is 6.08 Å². The third-order valence-corrected chi connectivity index (χ3v) is 7.75. The second kappa shape index (κ2) is 12.9. The van der Waals surface area contributed by atoms with E-state index in [9.17, 15) is 14.4 Å². The molecule has 1 amide bonds. The Morgan fingerprint density at radius 1 is 1.10 bits per heavy atom. The van der Waals surface area contributed by atoms with Crippen molar-refractivity contribution >= 4 is 47.0 Å². The van der Waals surface area contributed by atoms with Gasteiger partial charge >= 0.3 is 18.0 Å². The number of fused-ring (bicyclic) bond motifs is 2. The summed E-state index contributed by atoms with van der Waals surface area (Å²) in [6, 6.07) is 16.3. The van der Waals surface area contributed by atoms with Crippen LogP contribution in [-0.4, -0.2) is 54.2 Å². The first kappa shape index (κ1) is 29.0. The molecule has 8 nitrogen and oxygen atoms in total. The van der Waals surface area contributed by atoms with Gasteiger partial charge in [-0.15, -0.1) is 0 Å². The van der Waals surface area contributed by atoms with E-state index in [-0.39, 0.29) is 30.1 Å². The van der Waals surface area contributed by atoms with Crippen LogP contribution in [0.5, 0.6) is 0 Å². The van der Waals surface area contributed by atoms with E-state index < -0.39 is 23.5 Å². The maximum absolute atomic E-state index is 13.7. The molecule has 40 heavy (non-hydrogen) atoms. The number of benzene rings is 2. The van der Waals surface area contributed by atoms with Crippen LogP contribution in [0.3, 0.4) is 0 Å². The normalized spacial score (nSPS) is 21.5. The minimum absolute atomic E-state index is 0.0954. The minimum Gasteiger partial charge on any atom is -0.468 e. The van der Waals surface area contributed by atoms with Gasteiger partial charge in [0.25, 0.3) is 0 Å². The molecule has 1 saturated heterocycles. The third-order valence-electron chi connectivity index (χ3n) is 7.29. The number of anilines is 1. The summed E-state index contributed by atoms with van der Waals surface area (Å²) in [5.41, 5.74) is 2.00. The van der Waals surface area contributed by atoms with E-state index in [0.717, 1.165) is 16.7 Å². The van der Waals surface area contributed by atoms with Crippen LogP contribution in [-0.2, 0) is 30.4 Å². The highest BCUT2D eigenvalue weighted by atomic mass is 32.1. The zero-order chi connectivity index (χ0) is 28.7. The van der Waals surface area contributed by atoms with Crippen molar-refractivity contribution in [2.45, 2.75) is 39.3 Å². The summed E-state index contributed by atoms with van der Waals surface area (Å²) in [6.07, 6.45) is 6.25. The van der Waals surface area contributed by atoms with Crippen LogP contribution in [0.4, 0.5) is 10.5 Å². The molecule has 3 atom stereocenters. The number of rotatable bonds is 9. The Morgan fingerprint density at radius 3 is 2.52 bits per heavy atom. The van der Waals surface area contributed by atoms with Crippen molar-refractivity contribution in [3.63, 3.8) is 0 Å². The summed E-state index contributed by atoms with van der Waals surface area (Å²) in [5.74, 6) is -0.958. The average Bonchev–Trinajstić information content (AvgIpc) is 2.98. The van der Waals surface area contributed by atoms with Crippen LogP contribution in [0.1, 0.15) is 37.8 Å². The number of amides is 1. The van der Waals surface area contributed by atoms with Crippen molar-refractivity contribution in [1.29, 1.82) is 0 Å². The van der Waals surface area contributed by atoms with Crippen molar-refractivity contribution in [3.05, 3.63) is 83.4 Å². The van der Waals surface area contributed by atoms with E-state index in [1.807, 2.05) is 67.6 Å². The molecule has 9 heteroatoms. The highest BCUT2D eigenvalue weighted by Crippen LogP contribution is 2.50. The molecular weight excluding hydrogens is 528 g/mol. The molecule has 2 heterocycles. The number of hydrogen-bond donors (Lipinski definition) is 1. The minimum atomic E-state index is -1.30. The number of esters is 2. The van der Waals surface area contributed by atoms with Gasteiger partial charge in [0.1, 0.15) is 18.6 Å². The quantitative estimate of drug-likeness (QED) is 0.184. The lowest BCUT2D eigenvalue weighted by molar-refractivity contribution is -0.154. The molecular formula is C31H34N2O6S. The van der Waals surface area contributed by atoms with Gasteiger partial charge in [0.15, 0.2) is 0 Å². The van der Waals surface area contributed by atoms with Gasteiger partial charge in [-0.1, -0.05) is 79.8 Å². The van der Waals surface area contributed by atoms with Gasteiger partial charge in [-0.05, 0) is 47.6 Å². The number of nitrogens with one attached hydrogen (secondary N) is 1. The zero-order valence-corrected chi connectivity index (χ0v) is 23.7. The molecule has 2 aromatic carbocycles. The Labute approximate surface area is 240 Å². The average molecular weight is 563 g/mol. The first-order valence-electron chi connectivity index (χ1n) is 13.3. The van der Waals surface area contributed by atoms with Gasteiger partial charge in [-0.25, -0.2) is 4.79 Å². The summed E-state index contributed by atoms with van der Waals surface area (Å²) >= 11 is 5.97. The predicted molar refractivity (Wildman–Crippen MR) is 156 cm³/mol. The standard InChI is InChI=1S/C31H34N2O6S/c1-4-24-17-23-18-31(29(35)37-3,27(24)33(19-23)30(36)39-20-22-11-6-5-7-12-22)28(40)32-26-15-9-8-13-25(26)14-10-16-38-21(2)34/h5-15,17,23,27H,4,16,18-20H2,1-3H3,(H,32,40)/b14-10-/t23-,27+,31+/m1/s1. The van der Waals surface area contributed by atoms with E-state index in [0.29, 0.717) is 25.1 Å². The lowest BCUT2D eigenvalue weighted by atomic mass is 9.62. The van der Waals surface area contributed by atoms with E-state index in [1.54, 1.807) is 11.0 Å². The summed E-state index contributed by atoms with van der Waals surface area (Å²) in [7, 11) is 1.34. The Balaban J connectivity index is 1.64. The molecule has 0 saturated carbocycles. The van der Waals surface area contributed by atoms with Crippen molar-refractivity contribution in [2.75, 3.05) is 25.6 Å². The van der Waals surface area contributed by atoms with Crippen molar-refractivity contribution < 1.29 is 28.6 Å². The van der Waals surface area contributed by atoms with Crippen LogP contribution in [0, 0.1) is 11.3 Å². The molecule has 2 aromatic rings. The lowest BCUT2D eigenvalue weighted by Crippen LogP contribution is -2.66. The number of hydrogen-bond acceptors (Lipinski definition) is 7. The fourth-order valence-electron chi connectivity index (χ4n) is 5.55. The number of piperidine rings is 1. The van der Waals surface area contributed by atoms with E-state index in [4.69, 9.17) is 26.4 Å². The van der Waals surface area contributed by atoms with Crippen LogP contribution in [0.2, 0.25) is 0 Å². The first-order valence-corrected chi connectivity index (χ1v) is 13.7. The Morgan fingerprint density at radius 2 is 1.82 bits per heavy atom. The lowest BCUT2D eigenvalue weighted by Gasteiger charge is -2.54. The Kier molecular flexibility index (Phi) is 9.37. The largest absolute Gasteiger partial charge is 0.468 e. The summed E-state index contributed by atoms with van der Waals surface area (Å²) in [6.45, 7) is 4.04. The molecule has 2 bridgehead atoms. The fourth-order valence-corrected chi connectivity index (χ4v) is 5.93. The molecule has 1 aliphatic carbocycles. The Hall–Kier alpha value is -3.98. The fraction of sp³-hybridized carbons (Fsp3) is 0.355. The summed E-state index contributed by atoms with van der Waals surface area (Å²) < 4.78 is 16.1. The molecule has 0 aromatic heterocycles. The molecule has 1 fully saturated rings. The topological polar surface area (TPSA) is 94.2 Å². The maximum atomic E-state index is 13.7. The van der Waals surface area contributed by atoms with Gasteiger partial charge in [-0.2, -0.15) is 0 Å². The van der Waals surface area contributed by atoms with Gasteiger partial charge in [0, 0.05) is 19.2 Å². The highest BCUT2D eigenvalue weighted by molar-refractivity contribution is 7.80. The first-order chi connectivity index (χ1) is 19.3. The van der Waals surface area contributed by atoms with Crippen LogP contribution >= 0.6 is 12.2 Å². The number of para-hydroxylation sites is 1. The van der Waals surface area contributed by atoms with E-state index >= 15 is 0 Å².